The van der Waals surface area contributed by atoms with Crippen LogP contribution in [0, 0.1) is 0 Å². The highest BCUT2D eigenvalue weighted by atomic mass is 19.1. The van der Waals surface area contributed by atoms with E-state index in [1.807, 2.05) is 6.07 Å². The van der Waals surface area contributed by atoms with Gasteiger partial charge in [-0.3, -0.25) is 4.79 Å². The lowest BCUT2D eigenvalue weighted by Gasteiger charge is -1.97. The highest BCUT2D eigenvalue weighted by Crippen LogP contribution is 2.43. The Morgan fingerprint density at radius 1 is 1.50 bits per heavy atom. The van der Waals surface area contributed by atoms with Gasteiger partial charge in [-0.25, -0.2) is 4.39 Å². The molecule has 1 saturated carbocycles. The van der Waals surface area contributed by atoms with Crippen molar-refractivity contribution in [2.24, 2.45) is 0 Å². The summed E-state index contributed by atoms with van der Waals surface area (Å²) in [5, 5.41) is 0. The molecule has 0 spiro atoms. The Morgan fingerprint density at radius 2 is 2.25 bits per heavy atom. The van der Waals surface area contributed by atoms with Gasteiger partial charge in [0, 0.05) is 11.5 Å². The van der Waals surface area contributed by atoms with E-state index in [0.717, 1.165) is 11.8 Å². The molecule has 1 fully saturated rings. The Hall–Kier alpha value is -1.18. The fourth-order valence-electron chi connectivity index (χ4n) is 1.37. The van der Waals surface area contributed by atoms with Gasteiger partial charge in [-0.1, -0.05) is 18.2 Å². The van der Waals surface area contributed by atoms with Crippen molar-refractivity contribution >= 4 is 6.29 Å². The van der Waals surface area contributed by atoms with E-state index in [2.05, 4.69) is 0 Å². The highest BCUT2D eigenvalue weighted by Gasteiger charge is 2.38. The summed E-state index contributed by atoms with van der Waals surface area (Å²) in [4.78, 5) is 10.4. The van der Waals surface area contributed by atoms with Crippen LogP contribution in [0.15, 0.2) is 24.3 Å². The number of carbonyl (C=O) groups is 1. The molecule has 1 nitrogen and oxygen atoms in total. The minimum Gasteiger partial charge on any atom is -0.298 e. The van der Waals surface area contributed by atoms with Crippen molar-refractivity contribution in [2.75, 3.05) is 0 Å². The Bertz CT molecular complexity index is 308. The van der Waals surface area contributed by atoms with E-state index in [4.69, 9.17) is 0 Å². The Labute approximate surface area is 70.2 Å². The summed E-state index contributed by atoms with van der Waals surface area (Å²) < 4.78 is 12.6. The molecule has 0 aromatic heterocycles. The molecule has 2 unspecified atom stereocenters. The second-order valence-electron chi connectivity index (χ2n) is 3.15. The molecule has 2 rings (SSSR count). The summed E-state index contributed by atoms with van der Waals surface area (Å²) in [6.45, 7) is 0. The quantitative estimate of drug-likeness (QED) is 0.613. The normalized spacial score (nSPS) is 26.8. The minimum absolute atomic E-state index is 0.0462. The van der Waals surface area contributed by atoms with Gasteiger partial charge in [0.25, 0.3) is 0 Å². The standard InChI is InChI=1S/C10H9FO/c11-10-5-9(10)8-3-1-2-7(4-8)6-12/h1-4,6,9-10H,5H2. The van der Waals surface area contributed by atoms with Crippen LogP contribution in [0.1, 0.15) is 28.3 Å². The third kappa shape index (κ3) is 1.24. The van der Waals surface area contributed by atoms with Gasteiger partial charge in [-0.2, -0.15) is 0 Å². The van der Waals surface area contributed by atoms with Crippen LogP contribution in [0.2, 0.25) is 0 Å². The molecule has 1 aliphatic rings. The topological polar surface area (TPSA) is 17.1 Å². The van der Waals surface area contributed by atoms with Gasteiger partial charge in [0.05, 0.1) is 0 Å². The lowest BCUT2D eigenvalue weighted by molar-refractivity contribution is 0.112. The van der Waals surface area contributed by atoms with E-state index in [1.165, 1.54) is 0 Å². The van der Waals surface area contributed by atoms with E-state index in [1.54, 1.807) is 18.2 Å². The zero-order valence-corrected chi connectivity index (χ0v) is 6.53. The van der Waals surface area contributed by atoms with Crippen molar-refractivity contribution in [1.29, 1.82) is 0 Å². The zero-order valence-electron chi connectivity index (χ0n) is 6.53. The maximum atomic E-state index is 12.6. The number of carbonyl (C=O) groups excluding carboxylic acids is 1. The fraction of sp³-hybridized carbons (Fsp3) is 0.300. The monoisotopic (exact) mass is 164 g/mol. The van der Waals surface area contributed by atoms with Crippen LogP contribution < -0.4 is 0 Å². The third-order valence-electron chi connectivity index (χ3n) is 2.19. The van der Waals surface area contributed by atoms with Crippen molar-refractivity contribution in [3.05, 3.63) is 35.4 Å². The van der Waals surface area contributed by atoms with E-state index in [0.29, 0.717) is 12.0 Å². The van der Waals surface area contributed by atoms with Crippen molar-refractivity contribution < 1.29 is 9.18 Å². The predicted molar refractivity (Wildman–Crippen MR) is 44.1 cm³/mol. The first kappa shape index (κ1) is 7.47. The zero-order chi connectivity index (χ0) is 8.55. The molecule has 12 heavy (non-hydrogen) atoms. The lowest BCUT2D eigenvalue weighted by Crippen LogP contribution is -1.85. The molecule has 1 aliphatic carbocycles. The van der Waals surface area contributed by atoms with Gasteiger partial charge in [-0.05, 0) is 18.1 Å². The van der Waals surface area contributed by atoms with Gasteiger partial charge in [0.15, 0.2) is 0 Å². The molecule has 0 aliphatic heterocycles. The molecule has 0 saturated heterocycles. The molecule has 1 aromatic carbocycles. The summed E-state index contributed by atoms with van der Waals surface area (Å²) in [5.41, 5.74) is 1.58. The van der Waals surface area contributed by atoms with Crippen LogP contribution in [0.25, 0.3) is 0 Å². The first-order chi connectivity index (χ1) is 5.81. The summed E-state index contributed by atoms with van der Waals surface area (Å²) in [5.74, 6) is 0.0462. The molecule has 1 aromatic rings. The van der Waals surface area contributed by atoms with Crippen LogP contribution in [0.4, 0.5) is 4.39 Å². The average molecular weight is 164 g/mol. The maximum Gasteiger partial charge on any atom is 0.150 e. The van der Waals surface area contributed by atoms with Crippen molar-refractivity contribution in [3.63, 3.8) is 0 Å². The molecule has 0 heterocycles. The fourth-order valence-corrected chi connectivity index (χ4v) is 1.37. The summed E-state index contributed by atoms with van der Waals surface area (Å²) in [6, 6.07) is 7.16. The molecule has 0 bridgehead atoms. The number of halogens is 1. The molecule has 0 N–H and O–H groups in total. The second-order valence-corrected chi connectivity index (χ2v) is 3.15. The number of hydrogen-bond acceptors (Lipinski definition) is 1. The Morgan fingerprint density at radius 3 is 2.83 bits per heavy atom. The van der Waals surface area contributed by atoms with E-state index >= 15 is 0 Å². The van der Waals surface area contributed by atoms with E-state index in [-0.39, 0.29) is 5.92 Å². The van der Waals surface area contributed by atoms with Crippen LogP contribution >= 0.6 is 0 Å². The van der Waals surface area contributed by atoms with E-state index < -0.39 is 6.17 Å². The third-order valence-corrected chi connectivity index (χ3v) is 2.19. The first-order valence-electron chi connectivity index (χ1n) is 4.00. The molecular weight excluding hydrogens is 155 g/mol. The molecule has 2 atom stereocenters. The highest BCUT2D eigenvalue weighted by molar-refractivity contribution is 5.75. The summed E-state index contributed by atoms with van der Waals surface area (Å²) in [7, 11) is 0. The lowest BCUT2D eigenvalue weighted by atomic mass is 10.1. The SMILES string of the molecule is O=Cc1cccc(C2CC2F)c1. The predicted octanol–water partition coefficient (Wildman–Crippen LogP) is 2.32. The smallest absolute Gasteiger partial charge is 0.150 e. The van der Waals surface area contributed by atoms with Crippen molar-refractivity contribution in [2.45, 2.75) is 18.5 Å². The van der Waals surface area contributed by atoms with Crippen LogP contribution in [-0.2, 0) is 0 Å². The van der Waals surface area contributed by atoms with Gasteiger partial charge in [0.2, 0.25) is 0 Å². The van der Waals surface area contributed by atoms with Crippen LogP contribution in [0.5, 0.6) is 0 Å². The Balaban J connectivity index is 2.27. The van der Waals surface area contributed by atoms with Crippen molar-refractivity contribution in [1.82, 2.24) is 0 Å². The van der Waals surface area contributed by atoms with Gasteiger partial charge < -0.3 is 0 Å². The van der Waals surface area contributed by atoms with Crippen LogP contribution in [-0.4, -0.2) is 12.5 Å². The number of alkyl halides is 1. The Kier molecular flexibility index (Phi) is 1.68. The summed E-state index contributed by atoms with van der Waals surface area (Å²) >= 11 is 0. The summed E-state index contributed by atoms with van der Waals surface area (Å²) in [6.07, 6.45) is 0.716. The number of rotatable bonds is 2. The second kappa shape index (κ2) is 2.70. The average Bonchev–Trinajstić information content (AvgIpc) is 2.83. The van der Waals surface area contributed by atoms with E-state index in [9.17, 15) is 9.18 Å². The van der Waals surface area contributed by atoms with Gasteiger partial charge in [-0.15, -0.1) is 0 Å². The number of aldehydes is 1. The van der Waals surface area contributed by atoms with Crippen LogP contribution in [0.3, 0.4) is 0 Å². The number of hydrogen-bond donors (Lipinski definition) is 0. The number of benzene rings is 1. The first-order valence-corrected chi connectivity index (χ1v) is 4.00. The molecular formula is C10H9FO. The molecule has 2 heteroatoms. The van der Waals surface area contributed by atoms with Crippen molar-refractivity contribution in [3.8, 4) is 0 Å². The minimum atomic E-state index is -0.688. The maximum absolute atomic E-state index is 12.6. The van der Waals surface area contributed by atoms with Gasteiger partial charge >= 0.3 is 0 Å². The molecule has 62 valence electrons. The largest absolute Gasteiger partial charge is 0.298 e. The molecule has 0 amide bonds. The molecule has 0 radical (unpaired) electrons. The van der Waals surface area contributed by atoms with Gasteiger partial charge in [0.1, 0.15) is 12.5 Å².